The molecule has 9 atom stereocenters. The van der Waals surface area contributed by atoms with Crippen LogP contribution in [-0.4, -0.2) is 155 Å². The van der Waals surface area contributed by atoms with Crippen LogP contribution in [0.25, 0.3) is 0 Å². The highest BCUT2D eigenvalue weighted by atomic mass is 35.5. The van der Waals surface area contributed by atoms with Gasteiger partial charge in [-0.15, -0.1) is 0 Å². The summed E-state index contributed by atoms with van der Waals surface area (Å²) in [5.74, 6) is -8.46. The molecular formula is C94H102Cl4N8O18. The fourth-order valence-electron chi connectivity index (χ4n) is 14.1. The molecule has 0 spiro atoms. The maximum atomic E-state index is 15.5. The van der Waals surface area contributed by atoms with E-state index in [0.717, 1.165) is 0 Å². The molecule has 8 aromatic carbocycles. The van der Waals surface area contributed by atoms with Crippen LogP contribution in [0.2, 0.25) is 20.1 Å². The zero-order valence-corrected chi connectivity index (χ0v) is 72.5. The Morgan fingerprint density at radius 3 is 1.28 bits per heavy atom. The van der Waals surface area contributed by atoms with Crippen molar-refractivity contribution in [2.24, 2.45) is 5.92 Å². The summed E-state index contributed by atoms with van der Waals surface area (Å²) < 4.78 is 34.5. The van der Waals surface area contributed by atoms with Crippen LogP contribution in [0.5, 0.6) is 11.5 Å². The minimum Gasteiger partial charge on any atom is -0.489 e. The number of amides is 8. The van der Waals surface area contributed by atoms with E-state index in [0.29, 0.717) is 83.4 Å². The number of rotatable bonds is 41. The minimum absolute atomic E-state index is 0.0123. The second-order valence-corrected chi connectivity index (χ2v) is 33.0. The summed E-state index contributed by atoms with van der Waals surface area (Å²) >= 11 is 25.8. The summed E-state index contributed by atoms with van der Waals surface area (Å²) in [7, 11) is 0. The minimum atomic E-state index is -1.64. The first-order chi connectivity index (χ1) is 59.6. The van der Waals surface area contributed by atoms with Crippen molar-refractivity contribution >= 4 is 118 Å². The van der Waals surface area contributed by atoms with E-state index < -0.39 is 150 Å². The lowest BCUT2D eigenvalue weighted by Crippen LogP contribution is -2.61. The lowest BCUT2D eigenvalue weighted by molar-refractivity contribution is -0.147. The summed E-state index contributed by atoms with van der Waals surface area (Å²) in [5, 5.41) is 18.3. The number of benzene rings is 8. The quantitative estimate of drug-likeness (QED) is 0.0118. The van der Waals surface area contributed by atoms with Crippen LogP contribution >= 0.6 is 46.4 Å². The van der Waals surface area contributed by atoms with Crippen molar-refractivity contribution in [1.29, 1.82) is 0 Å². The van der Waals surface area contributed by atoms with Gasteiger partial charge in [-0.2, -0.15) is 0 Å². The molecule has 0 aliphatic carbocycles. The number of Topliss-reactive ketones (excluding diaryl/α,β-unsaturated/α-hetero) is 1. The smallest absolute Gasteiger partial charge is 0.408 e. The van der Waals surface area contributed by atoms with Gasteiger partial charge in [0, 0.05) is 82.0 Å². The van der Waals surface area contributed by atoms with Crippen LogP contribution in [0.3, 0.4) is 0 Å². The molecule has 0 radical (unpaired) electrons. The maximum absolute atomic E-state index is 15.5. The topological polar surface area (TPSA) is 339 Å². The molecule has 2 saturated heterocycles. The average Bonchev–Trinajstić information content (AvgIpc) is 1.61. The summed E-state index contributed by atoms with van der Waals surface area (Å²) in [4.78, 5) is 178. The van der Waals surface area contributed by atoms with Crippen molar-refractivity contribution in [3.8, 4) is 11.5 Å². The van der Waals surface area contributed by atoms with Crippen molar-refractivity contribution in [3.63, 3.8) is 0 Å². The molecule has 10 rings (SSSR count). The number of hydrogen-bond donors (Lipinski definition) is 6. The normalized spacial score (nSPS) is 15.3. The maximum Gasteiger partial charge on any atom is 0.408 e. The molecule has 0 aromatic heterocycles. The van der Waals surface area contributed by atoms with Crippen LogP contribution < -0.4 is 41.4 Å². The summed E-state index contributed by atoms with van der Waals surface area (Å²) in [5.41, 5.74) is 3.37. The Morgan fingerprint density at radius 2 is 0.815 bits per heavy atom. The third-order valence-corrected chi connectivity index (χ3v) is 22.5. The van der Waals surface area contributed by atoms with Crippen molar-refractivity contribution in [2.45, 2.75) is 192 Å². The van der Waals surface area contributed by atoms with Crippen molar-refractivity contribution in [2.75, 3.05) is 19.7 Å². The van der Waals surface area contributed by atoms with Gasteiger partial charge in [0.1, 0.15) is 91.9 Å². The van der Waals surface area contributed by atoms with Crippen LogP contribution in [0.1, 0.15) is 142 Å². The molecule has 30 heteroatoms. The molecule has 2 aliphatic heterocycles. The van der Waals surface area contributed by atoms with Gasteiger partial charge in [0.05, 0.1) is 0 Å². The predicted molar refractivity (Wildman–Crippen MR) is 466 cm³/mol. The molecule has 2 heterocycles. The number of ether oxygens (including phenoxy) is 6. The van der Waals surface area contributed by atoms with E-state index in [9.17, 15) is 28.8 Å². The fourth-order valence-corrected chi connectivity index (χ4v) is 15.1. The molecule has 0 unspecified atom stereocenters. The van der Waals surface area contributed by atoms with E-state index in [4.69, 9.17) is 74.8 Å². The number of halogens is 4. The van der Waals surface area contributed by atoms with Gasteiger partial charge in [-0.1, -0.05) is 224 Å². The highest BCUT2D eigenvalue weighted by molar-refractivity contribution is 6.36. The lowest BCUT2D eigenvalue weighted by Gasteiger charge is -2.34. The number of alkyl carbamates (subject to hydrolysis) is 1. The Morgan fingerprint density at radius 1 is 0.419 bits per heavy atom. The SMILES string of the molecule is CC[C@H](C)[C@H](NC(=O)[C@@H]1CCCN1C(=O)[C@H](CCC(=O)OCc1ccccc1)NC(=O)[C@H](Cc1ccccc1)NC(=O)OC(C)(C)C)C(=O)N1CCC[C@H]1C(=O)N[C@@H](CCC(=O)OCc1ccccc1)C(=O)N[C@@H](Cc1ccc(OCc2c(Cl)cccc2Cl)cc1)C(=O)N[C@@H](Cc1ccc(OCc2c(Cl)cccc2Cl)cc1)C(=O)OCC(=O)c1ccccc1. The Balaban J connectivity index is 0.900. The van der Waals surface area contributed by atoms with E-state index in [1.54, 1.807) is 228 Å². The molecule has 8 amide bonds. The number of nitrogens with zero attached hydrogens (tertiary/aromatic N) is 2. The standard InChI is InChI=1S/C94H102Cl4N8O18/c1-6-59(2)84(104-89(114)80-36-21-49-105(80)90(115)75(46-48-83(109)122-55-64-27-15-9-16-28-64)100-87(112)77(51-60-23-11-7-12-24-60)103-93(118)124-94(3,4)5)91(116)106-50-22-35-79(106)88(113)99-74(45-47-82(108)121-54-63-25-13-8-14-26-63)85(110)101-76(52-61-37-41-66(42-38-61)119-56-68-70(95)31-19-32-71(68)96)86(111)102-78(92(117)123-58-81(107)65-29-17-10-18-30-65)53-62-39-43-67(44-40-62)120-57-69-72(97)33-20-34-73(69)98/h7-20,23-34,37-44,59,74-80,84H,6,21-22,35-36,45-58H2,1-5H3,(H,99,113)(H,100,112)(H,101,110)(H,102,111)(H,103,118)(H,104,114)/t59-,74-,75-,76-,77-,78-,79-,80-,84-/m0/s1. The Hall–Kier alpha value is -11.8. The summed E-state index contributed by atoms with van der Waals surface area (Å²) in [6.45, 7) is 7.66. The molecule has 124 heavy (non-hydrogen) atoms. The van der Waals surface area contributed by atoms with E-state index in [2.05, 4.69) is 31.9 Å². The highest BCUT2D eigenvalue weighted by Crippen LogP contribution is 2.31. The number of hydrogen-bond acceptors (Lipinski definition) is 18. The van der Waals surface area contributed by atoms with Gasteiger partial charge < -0.3 is 70.1 Å². The average molecular weight is 1770 g/mol. The molecule has 2 fully saturated rings. The highest BCUT2D eigenvalue weighted by Gasteiger charge is 2.45. The number of carbonyl (C=O) groups is 12. The monoisotopic (exact) mass is 1770 g/mol. The first kappa shape index (κ1) is 94.4. The van der Waals surface area contributed by atoms with Gasteiger partial charge in [0.2, 0.25) is 41.4 Å². The van der Waals surface area contributed by atoms with Crippen LogP contribution in [0.4, 0.5) is 4.79 Å². The van der Waals surface area contributed by atoms with Gasteiger partial charge in [-0.05, 0) is 142 Å². The van der Waals surface area contributed by atoms with E-state index >= 15 is 28.8 Å². The van der Waals surface area contributed by atoms with Crippen LogP contribution in [0.15, 0.2) is 206 Å². The molecule has 6 N–H and O–H groups in total. The van der Waals surface area contributed by atoms with Gasteiger partial charge in [0.15, 0.2) is 12.4 Å². The van der Waals surface area contributed by atoms with Gasteiger partial charge >= 0.3 is 24.0 Å². The van der Waals surface area contributed by atoms with Crippen LogP contribution in [-0.2, 0) is 113 Å². The van der Waals surface area contributed by atoms with E-state index in [-0.39, 0.29) is 96.4 Å². The fraction of sp³-hybridized carbons (Fsp3) is 0.362. The number of likely N-dealkylation sites (tertiary alicyclic amines) is 2. The second-order valence-electron chi connectivity index (χ2n) is 31.3. The lowest BCUT2D eigenvalue weighted by atomic mass is 9.96. The van der Waals surface area contributed by atoms with Gasteiger partial charge in [-0.25, -0.2) is 9.59 Å². The number of esters is 3. The number of carbonyl (C=O) groups excluding carboxylic acids is 12. The Bertz CT molecular complexity index is 4960. The second kappa shape index (κ2) is 46.6. The van der Waals surface area contributed by atoms with Gasteiger partial charge in [0.25, 0.3) is 0 Å². The third-order valence-electron chi connectivity index (χ3n) is 21.0. The first-order valence-corrected chi connectivity index (χ1v) is 42.7. The number of ketones is 1. The largest absolute Gasteiger partial charge is 0.489 e. The van der Waals surface area contributed by atoms with Crippen molar-refractivity contribution in [3.05, 3.63) is 271 Å². The first-order valence-electron chi connectivity index (χ1n) is 41.2. The zero-order chi connectivity index (χ0) is 88.8. The molecule has 0 saturated carbocycles. The third kappa shape index (κ3) is 28.6. The van der Waals surface area contributed by atoms with E-state index in [1.165, 1.54) is 9.80 Å². The van der Waals surface area contributed by atoms with E-state index in [1.807, 2.05) is 13.0 Å². The molecule has 654 valence electrons. The molecule has 8 aromatic rings. The molecule has 26 nitrogen and oxygen atoms in total. The Kier molecular flexibility index (Phi) is 35.5. The summed E-state index contributed by atoms with van der Waals surface area (Å²) in [6.07, 6.45) is -1.83. The van der Waals surface area contributed by atoms with Crippen LogP contribution in [0, 0.1) is 5.92 Å². The van der Waals surface area contributed by atoms with Gasteiger partial charge in [-0.3, -0.25) is 47.9 Å². The predicted octanol–water partition coefficient (Wildman–Crippen LogP) is 13.3. The number of nitrogens with one attached hydrogen (secondary N) is 6. The zero-order valence-electron chi connectivity index (χ0n) is 69.5. The Labute approximate surface area is 740 Å². The molecule has 2 aliphatic rings. The van der Waals surface area contributed by atoms with Crippen molar-refractivity contribution < 1.29 is 86.0 Å². The van der Waals surface area contributed by atoms with Crippen molar-refractivity contribution in [1.82, 2.24) is 41.7 Å². The summed E-state index contributed by atoms with van der Waals surface area (Å²) in [6, 6.07) is 46.6. The molecule has 0 bridgehead atoms. The molecular weight excluding hydrogens is 1670 g/mol.